The molecule has 0 fully saturated rings. The molecular formula is C46H78O. The lowest BCUT2D eigenvalue weighted by molar-refractivity contribution is 0.465. The third-order valence-electron chi connectivity index (χ3n) is 10.3. The van der Waals surface area contributed by atoms with Gasteiger partial charge >= 0.3 is 0 Å². The van der Waals surface area contributed by atoms with Gasteiger partial charge in [-0.2, -0.15) is 0 Å². The van der Waals surface area contributed by atoms with E-state index in [1.807, 2.05) is 0 Å². The van der Waals surface area contributed by atoms with Crippen LogP contribution in [0.4, 0.5) is 0 Å². The minimum atomic E-state index is 1.06. The highest BCUT2D eigenvalue weighted by Gasteiger charge is 2.08. The zero-order valence-electron chi connectivity index (χ0n) is 31.7. The first kappa shape index (κ1) is 41.4. The second-order valence-electron chi connectivity index (χ2n) is 14.7. The first-order valence-corrected chi connectivity index (χ1v) is 21.2. The largest absolute Gasteiger partial charge is 0.457 e. The number of para-hydroxylation sites is 2. The van der Waals surface area contributed by atoms with Gasteiger partial charge in [-0.15, -0.1) is 0 Å². The van der Waals surface area contributed by atoms with E-state index < -0.39 is 0 Å². The molecule has 2 aromatic rings. The van der Waals surface area contributed by atoms with Crippen LogP contribution in [0.5, 0.6) is 11.5 Å². The lowest BCUT2D eigenvalue weighted by atomic mass is 10.0. The number of hydrogen-bond donors (Lipinski definition) is 0. The number of rotatable bonds is 34. The Kier molecular flexibility index (Phi) is 27.8. The Labute approximate surface area is 294 Å². The molecule has 0 aliphatic carbocycles. The summed E-state index contributed by atoms with van der Waals surface area (Å²) in [5, 5.41) is 0. The van der Waals surface area contributed by atoms with Gasteiger partial charge < -0.3 is 4.74 Å². The van der Waals surface area contributed by atoms with Crippen molar-refractivity contribution in [3.63, 3.8) is 0 Å². The molecule has 2 aromatic carbocycles. The van der Waals surface area contributed by atoms with E-state index in [4.69, 9.17) is 4.74 Å². The van der Waals surface area contributed by atoms with Crippen molar-refractivity contribution in [2.75, 3.05) is 0 Å². The van der Waals surface area contributed by atoms with E-state index in [-0.39, 0.29) is 0 Å². The molecule has 0 aliphatic heterocycles. The van der Waals surface area contributed by atoms with Crippen LogP contribution in [0.2, 0.25) is 0 Å². The van der Waals surface area contributed by atoms with E-state index in [0.29, 0.717) is 0 Å². The lowest BCUT2D eigenvalue weighted by Gasteiger charge is -2.14. The molecule has 0 amide bonds. The Morgan fingerprint density at radius 1 is 0.298 bits per heavy atom. The summed E-state index contributed by atoms with van der Waals surface area (Å²) in [6, 6.07) is 17.5. The Morgan fingerprint density at radius 3 is 0.809 bits per heavy atom. The molecular weight excluding hydrogens is 569 g/mol. The van der Waals surface area contributed by atoms with Crippen molar-refractivity contribution in [1.82, 2.24) is 0 Å². The van der Waals surface area contributed by atoms with Crippen LogP contribution in [0.15, 0.2) is 48.5 Å². The predicted octanol–water partition coefficient (Wildman–Crippen LogP) is 16.3. The van der Waals surface area contributed by atoms with E-state index in [0.717, 1.165) is 24.3 Å². The number of benzene rings is 2. The number of hydrogen-bond acceptors (Lipinski definition) is 1. The fourth-order valence-corrected chi connectivity index (χ4v) is 7.11. The van der Waals surface area contributed by atoms with Crippen LogP contribution in [-0.2, 0) is 12.8 Å². The topological polar surface area (TPSA) is 9.23 Å². The summed E-state index contributed by atoms with van der Waals surface area (Å²) in [6.45, 7) is 4.61. The number of aryl methyl sites for hydroxylation is 2. The molecule has 0 aromatic heterocycles. The molecule has 0 unspecified atom stereocenters. The van der Waals surface area contributed by atoms with Gasteiger partial charge in [-0.1, -0.05) is 230 Å². The Bertz CT molecular complexity index is 857. The van der Waals surface area contributed by atoms with Crippen LogP contribution in [0.25, 0.3) is 0 Å². The highest BCUT2D eigenvalue weighted by molar-refractivity contribution is 5.41. The first-order chi connectivity index (χ1) is 23.3. The smallest absolute Gasteiger partial charge is 0.130 e. The van der Waals surface area contributed by atoms with E-state index in [1.54, 1.807) is 0 Å². The van der Waals surface area contributed by atoms with Gasteiger partial charge in [0, 0.05) is 0 Å². The van der Waals surface area contributed by atoms with Gasteiger partial charge in [0.05, 0.1) is 0 Å². The van der Waals surface area contributed by atoms with Crippen molar-refractivity contribution >= 4 is 0 Å². The maximum atomic E-state index is 6.59. The van der Waals surface area contributed by atoms with Crippen molar-refractivity contribution in [3.05, 3.63) is 59.7 Å². The van der Waals surface area contributed by atoms with Crippen molar-refractivity contribution < 1.29 is 4.74 Å². The third kappa shape index (κ3) is 23.3. The minimum Gasteiger partial charge on any atom is -0.457 e. The fourth-order valence-electron chi connectivity index (χ4n) is 7.11. The second-order valence-corrected chi connectivity index (χ2v) is 14.7. The summed E-state index contributed by atoms with van der Waals surface area (Å²) in [7, 11) is 0. The third-order valence-corrected chi connectivity index (χ3v) is 10.3. The molecule has 0 heterocycles. The van der Waals surface area contributed by atoms with Crippen LogP contribution in [0, 0.1) is 0 Å². The number of unbranched alkanes of at least 4 members (excludes halogenated alkanes) is 28. The molecule has 0 bridgehead atoms. The van der Waals surface area contributed by atoms with Crippen molar-refractivity contribution in [2.45, 2.75) is 219 Å². The Morgan fingerprint density at radius 2 is 0.532 bits per heavy atom. The quantitative estimate of drug-likeness (QED) is 0.0687. The highest BCUT2D eigenvalue weighted by atomic mass is 16.5. The summed E-state index contributed by atoms with van der Waals surface area (Å²) < 4.78 is 6.59. The molecule has 0 N–H and O–H groups in total. The van der Waals surface area contributed by atoms with Gasteiger partial charge in [0.15, 0.2) is 0 Å². The summed E-state index contributed by atoms with van der Waals surface area (Å²) in [5.41, 5.74) is 2.73. The van der Waals surface area contributed by atoms with Gasteiger partial charge in [-0.3, -0.25) is 0 Å². The molecule has 0 radical (unpaired) electrons. The molecule has 0 aliphatic rings. The second kappa shape index (κ2) is 31.5. The summed E-state index contributed by atoms with van der Waals surface area (Å²) in [4.78, 5) is 0. The zero-order chi connectivity index (χ0) is 33.3. The van der Waals surface area contributed by atoms with E-state index in [9.17, 15) is 0 Å². The van der Waals surface area contributed by atoms with E-state index in [2.05, 4.69) is 62.4 Å². The van der Waals surface area contributed by atoms with Crippen molar-refractivity contribution in [3.8, 4) is 11.5 Å². The SMILES string of the molecule is CCCCCCCCCCCCCCCCCc1ccccc1Oc1ccccc1CCCCCCCCCCCCCCCCC. The van der Waals surface area contributed by atoms with E-state index >= 15 is 0 Å². The molecule has 1 heteroatoms. The average Bonchev–Trinajstić information content (AvgIpc) is 3.09. The molecule has 47 heavy (non-hydrogen) atoms. The van der Waals surface area contributed by atoms with Crippen molar-refractivity contribution in [1.29, 1.82) is 0 Å². The van der Waals surface area contributed by atoms with Gasteiger partial charge in [-0.05, 0) is 48.9 Å². The van der Waals surface area contributed by atoms with Crippen LogP contribution in [0.1, 0.15) is 218 Å². The van der Waals surface area contributed by atoms with Gasteiger partial charge in [0.2, 0.25) is 0 Å². The summed E-state index contributed by atoms with van der Waals surface area (Å²) >= 11 is 0. The normalized spacial score (nSPS) is 11.4. The van der Waals surface area contributed by atoms with Crippen LogP contribution in [0.3, 0.4) is 0 Å². The standard InChI is InChI=1S/C46H78O/c1-3-5-7-9-11-13-15-17-19-21-23-25-27-29-31-37-43-39-33-35-41-45(43)47-46-42-36-34-40-44(46)38-32-30-28-26-24-22-20-18-16-14-12-10-8-6-4-2/h33-36,39-42H,3-32,37-38H2,1-2H3. The predicted molar refractivity (Wildman–Crippen MR) is 210 cm³/mol. The van der Waals surface area contributed by atoms with Crippen molar-refractivity contribution in [2.24, 2.45) is 0 Å². The van der Waals surface area contributed by atoms with Gasteiger partial charge in [0.25, 0.3) is 0 Å². The summed E-state index contributed by atoms with van der Waals surface area (Å²) in [5.74, 6) is 2.11. The molecule has 1 nitrogen and oxygen atoms in total. The van der Waals surface area contributed by atoms with Crippen LogP contribution >= 0.6 is 0 Å². The lowest BCUT2D eigenvalue weighted by Crippen LogP contribution is -1.96. The van der Waals surface area contributed by atoms with Crippen LogP contribution < -0.4 is 4.74 Å². The van der Waals surface area contributed by atoms with E-state index in [1.165, 1.54) is 204 Å². The average molecular weight is 647 g/mol. The monoisotopic (exact) mass is 647 g/mol. The zero-order valence-corrected chi connectivity index (χ0v) is 31.7. The Balaban J connectivity index is 1.52. The molecule has 0 saturated heterocycles. The van der Waals surface area contributed by atoms with Gasteiger partial charge in [-0.25, -0.2) is 0 Å². The molecule has 0 spiro atoms. The Hall–Kier alpha value is -1.76. The molecule has 0 saturated carbocycles. The minimum absolute atomic E-state index is 1.06. The maximum Gasteiger partial charge on any atom is 0.130 e. The van der Waals surface area contributed by atoms with Crippen LogP contribution in [-0.4, -0.2) is 0 Å². The molecule has 268 valence electrons. The number of ether oxygens (including phenoxy) is 1. The summed E-state index contributed by atoms with van der Waals surface area (Å²) in [6.07, 6.45) is 44.6. The highest BCUT2D eigenvalue weighted by Crippen LogP contribution is 2.30. The first-order valence-electron chi connectivity index (χ1n) is 21.2. The maximum absolute atomic E-state index is 6.59. The fraction of sp³-hybridized carbons (Fsp3) is 0.739. The van der Waals surface area contributed by atoms with Gasteiger partial charge in [0.1, 0.15) is 11.5 Å². The molecule has 0 atom stereocenters. The molecule has 2 rings (SSSR count).